The largest absolute Gasteiger partial charge is 0.497 e. The smallest absolute Gasteiger partial charge is 0.134 e. The van der Waals surface area contributed by atoms with Crippen molar-refractivity contribution in [3.63, 3.8) is 0 Å². The van der Waals surface area contributed by atoms with Crippen molar-refractivity contribution >= 4 is 27.7 Å². The van der Waals surface area contributed by atoms with Gasteiger partial charge in [-0.3, -0.25) is 0 Å². The third kappa shape index (κ3) is 3.00. The van der Waals surface area contributed by atoms with Gasteiger partial charge in [-0.15, -0.1) is 0 Å². The minimum Gasteiger partial charge on any atom is -0.497 e. The van der Waals surface area contributed by atoms with E-state index in [-0.39, 0.29) is 0 Å². The third-order valence-electron chi connectivity index (χ3n) is 2.44. The maximum absolute atomic E-state index is 5.28. The predicted octanol–water partition coefficient (Wildman–Crippen LogP) is 4.62. The summed E-state index contributed by atoms with van der Waals surface area (Å²) in [6.45, 7) is 0. The molecule has 0 unspecified atom stereocenters. The fourth-order valence-electron chi connectivity index (χ4n) is 1.50. The normalized spacial score (nSPS) is 10.2. The first-order valence-electron chi connectivity index (χ1n) is 5.39. The Balaban J connectivity index is 2.22. The van der Waals surface area contributed by atoms with Crippen molar-refractivity contribution in [3.8, 4) is 11.5 Å². The van der Waals surface area contributed by atoms with Gasteiger partial charge in [-0.1, -0.05) is 17.8 Å². The molecule has 18 heavy (non-hydrogen) atoms. The molecular formula is C14H13BrO2S. The molecule has 0 amide bonds. The van der Waals surface area contributed by atoms with E-state index < -0.39 is 0 Å². The summed E-state index contributed by atoms with van der Waals surface area (Å²) >= 11 is 5.24. The molecule has 94 valence electrons. The maximum Gasteiger partial charge on any atom is 0.134 e. The molecular weight excluding hydrogens is 312 g/mol. The second kappa shape index (κ2) is 6.16. The number of ether oxygens (including phenoxy) is 2. The Hall–Kier alpha value is -1.13. The van der Waals surface area contributed by atoms with E-state index in [0.29, 0.717) is 0 Å². The first-order chi connectivity index (χ1) is 8.74. The summed E-state index contributed by atoms with van der Waals surface area (Å²) in [4.78, 5) is 2.28. The highest BCUT2D eigenvalue weighted by Gasteiger charge is 2.07. The van der Waals surface area contributed by atoms with E-state index in [0.717, 1.165) is 25.8 Å². The lowest BCUT2D eigenvalue weighted by atomic mass is 10.3. The second-order valence-corrected chi connectivity index (χ2v) is 5.46. The van der Waals surface area contributed by atoms with Crippen LogP contribution in [0, 0.1) is 0 Å². The van der Waals surface area contributed by atoms with Crippen molar-refractivity contribution in [1.29, 1.82) is 0 Å². The molecule has 0 aliphatic rings. The number of halogens is 1. The molecule has 0 aromatic heterocycles. The van der Waals surface area contributed by atoms with Gasteiger partial charge >= 0.3 is 0 Å². The SMILES string of the molecule is COc1ccc(Sc2cccc(OC)c2Br)cc1. The molecule has 4 heteroatoms. The van der Waals surface area contributed by atoms with Crippen molar-refractivity contribution < 1.29 is 9.47 Å². The predicted molar refractivity (Wildman–Crippen MR) is 77.8 cm³/mol. The van der Waals surface area contributed by atoms with E-state index >= 15 is 0 Å². The van der Waals surface area contributed by atoms with Gasteiger partial charge in [0.15, 0.2) is 0 Å². The summed E-state index contributed by atoms with van der Waals surface area (Å²) in [6.07, 6.45) is 0. The number of hydrogen-bond acceptors (Lipinski definition) is 3. The molecule has 0 N–H and O–H groups in total. The van der Waals surface area contributed by atoms with E-state index in [9.17, 15) is 0 Å². The highest BCUT2D eigenvalue weighted by Crippen LogP contribution is 2.38. The Morgan fingerprint density at radius 1 is 0.944 bits per heavy atom. The molecule has 0 aliphatic carbocycles. The molecule has 0 atom stereocenters. The minimum atomic E-state index is 0.841. The lowest BCUT2D eigenvalue weighted by molar-refractivity contribution is 0.411. The molecule has 0 radical (unpaired) electrons. The summed E-state index contributed by atoms with van der Waals surface area (Å²) in [5.74, 6) is 1.71. The minimum absolute atomic E-state index is 0.841. The monoisotopic (exact) mass is 324 g/mol. The number of rotatable bonds is 4. The highest BCUT2D eigenvalue weighted by molar-refractivity contribution is 9.10. The molecule has 0 saturated carbocycles. The average molecular weight is 325 g/mol. The Bertz CT molecular complexity index is 526. The Labute approximate surface area is 119 Å². The Morgan fingerprint density at radius 2 is 1.67 bits per heavy atom. The summed E-state index contributed by atoms with van der Waals surface area (Å²) in [5.41, 5.74) is 0. The fourth-order valence-corrected chi connectivity index (χ4v) is 3.03. The summed E-state index contributed by atoms with van der Waals surface area (Å²) in [6, 6.07) is 14.0. The highest BCUT2D eigenvalue weighted by atomic mass is 79.9. The molecule has 0 spiro atoms. The standard InChI is InChI=1S/C14H13BrO2S/c1-16-10-6-8-11(9-7-10)18-13-5-3-4-12(17-2)14(13)15/h3-9H,1-2H3. The van der Waals surface area contributed by atoms with Crippen LogP contribution in [-0.2, 0) is 0 Å². The van der Waals surface area contributed by atoms with E-state index in [1.165, 1.54) is 0 Å². The number of hydrogen-bond donors (Lipinski definition) is 0. The molecule has 0 heterocycles. The van der Waals surface area contributed by atoms with Gasteiger partial charge in [-0.25, -0.2) is 0 Å². The topological polar surface area (TPSA) is 18.5 Å². The average Bonchev–Trinajstić information content (AvgIpc) is 2.42. The van der Waals surface area contributed by atoms with Crippen molar-refractivity contribution in [2.45, 2.75) is 9.79 Å². The zero-order valence-electron chi connectivity index (χ0n) is 10.1. The van der Waals surface area contributed by atoms with Crippen LogP contribution in [-0.4, -0.2) is 14.2 Å². The molecule has 2 aromatic carbocycles. The van der Waals surface area contributed by atoms with Gasteiger partial charge < -0.3 is 9.47 Å². The molecule has 2 rings (SSSR count). The van der Waals surface area contributed by atoms with Gasteiger partial charge in [0.2, 0.25) is 0 Å². The van der Waals surface area contributed by atoms with Crippen LogP contribution in [0.1, 0.15) is 0 Å². The fraction of sp³-hybridized carbons (Fsp3) is 0.143. The molecule has 0 bridgehead atoms. The lowest BCUT2D eigenvalue weighted by Crippen LogP contribution is -1.86. The first kappa shape index (κ1) is 13.3. The summed E-state index contributed by atoms with van der Waals surface area (Å²) in [5, 5.41) is 0. The van der Waals surface area contributed by atoms with Crippen LogP contribution in [0.2, 0.25) is 0 Å². The van der Waals surface area contributed by atoms with Gasteiger partial charge in [-0.05, 0) is 52.3 Å². The van der Waals surface area contributed by atoms with Gasteiger partial charge in [0.25, 0.3) is 0 Å². The van der Waals surface area contributed by atoms with Gasteiger partial charge in [0.05, 0.1) is 18.7 Å². The van der Waals surface area contributed by atoms with Crippen molar-refractivity contribution in [2.75, 3.05) is 14.2 Å². The van der Waals surface area contributed by atoms with Crippen LogP contribution in [0.3, 0.4) is 0 Å². The molecule has 2 nitrogen and oxygen atoms in total. The van der Waals surface area contributed by atoms with Crippen molar-refractivity contribution in [1.82, 2.24) is 0 Å². The van der Waals surface area contributed by atoms with E-state index in [1.807, 2.05) is 36.4 Å². The van der Waals surface area contributed by atoms with Crippen LogP contribution < -0.4 is 9.47 Å². The third-order valence-corrected chi connectivity index (χ3v) is 4.58. The number of methoxy groups -OCH3 is 2. The zero-order valence-corrected chi connectivity index (χ0v) is 12.5. The molecule has 2 aromatic rings. The van der Waals surface area contributed by atoms with E-state index in [4.69, 9.17) is 9.47 Å². The van der Waals surface area contributed by atoms with Crippen LogP contribution in [0.15, 0.2) is 56.7 Å². The first-order valence-corrected chi connectivity index (χ1v) is 7.00. The van der Waals surface area contributed by atoms with E-state index in [1.54, 1.807) is 26.0 Å². The van der Waals surface area contributed by atoms with Crippen LogP contribution in [0.4, 0.5) is 0 Å². The van der Waals surface area contributed by atoms with Crippen LogP contribution >= 0.6 is 27.7 Å². The molecule has 0 fully saturated rings. The Morgan fingerprint density at radius 3 is 2.28 bits per heavy atom. The lowest BCUT2D eigenvalue weighted by Gasteiger charge is -2.08. The van der Waals surface area contributed by atoms with Crippen LogP contribution in [0.25, 0.3) is 0 Å². The van der Waals surface area contributed by atoms with E-state index in [2.05, 4.69) is 22.0 Å². The molecule has 0 saturated heterocycles. The zero-order chi connectivity index (χ0) is 13.0. The quantitative estimate of drug-likeness (QED) is 0.817. The second-order valence-electron chi connectivity index (χ2n) is 3.55. The van der Waals surface area contributed by atoms with Crippen molar-refractivity contribution in [2.24, 2.45) is 0 Å². The summed E-state index contributed by atoms with van der Waals surface area (Å²) < 4.78 is 11.4. The van der Waals surface area contributed by atoms with Gasteiger partial charge in [0, 0.05) is 9.79 Å². The van der Waals surface area contributed by atoms with Crippen molar-refractivity contribution in [3.05, 3.63) is 46.9 Å². The van der Waals surface area contributed by atoms with Gasteiger partial charge in [-0.2, -0.15) is 0 Å². The number of benzene rings is 2. The molecule has 0 aliphatic heterocycles. The van der Waals surface area contributed by atoms with Crippen LogP contribution in [0.5, 0.6) is 11.5 Å². The summed E-state index contributed by atoms with van der Waals surface area (Å²) in [7, 11) is 3.34. The maximum atomic E-state index is 5.28. The Kier molecular flexibility index (Phi) is 4.55. The van der Waals surface area contributed by atoms with Gasteiger partial charge in [0.1, 0.15) is 11.5 Å².